The van der Waals surface area contributed by atoms with E-state index in [2.05, 4.69) is 50.2 Å². The number of guanidine groups is 1. The Balaban J connectivity index is 0.00000364. The van der Waals surface area contributed by atoms with Gasteiger partial charge in [0.2, 0.25) is 0 Å². The minimum atomic E-state index is 0. The zero-order valence-electron chi connectivity index (χ0n) is 18.2. The predicted molar refractivity (Wildman–Crippen MR) is 126 cm³/mol. The lowest BCUT2D eigenvalue weighted by Gasteiger charge is -2.28. The number of likely N-dealkylation sites (tertiary alicyclic amines) is 1. The summed E-state index contributed by atoms with van der Waals surface area (Å²) in [6.45, 7) is 17.0. The van der Waals surface area contributed by atoms with E-state index in [4.69, 9.17) is 9.73 Å². The van der Waals surface area contributed by atoms with Crippen molar-refractivity contribution in [2.45, 2.75) is 78.8 Å². The van der Waals surface area contributed by atoms with E-state index in [1.54, 1.807) is 0 Å². The Kier molecular flexibility index (Phi) is 11.5. The Morgan fingerprint density at radius 1 is 1.22 bits per heavy atom. The molecule has 160 valence electrons. The van der Waals surface area contributed by atoms with Crippen LogP contribution in [-0.4, -0.2) is 62.3 Å². The van der Waals surface area contributed by atoms with Crippen LogP contribution in [-0.2, 0) is 4.74 Å². The van der Waals surface area contributed by atoms with Gasteiger partial charge in [0, 0.05) is 51.5 Å². The zero-order valence-corrected chi connectivity index (χ0v) is 20.6. The number of hydrogen-bond donors (Lipinski definition) is 2. The van der Waals surface area contributed by atoms with Gasteiger partial charge in [-0.1, -0.05) is 19.8 Å². The highest BCUT2D eigenvalue weighted by Crippen LogP contribution is 2.41. The summed E-state index contributed by atoms with van der Waals surface area (Å²) in [5.41, 5.74) is 0.350. The molecular weight excluding hydrogens is 451 g/mol. The van der Waals surface area contributed by atoms with Crippen molar-refractivity contribution in [1.29, 1.82) is 0 Å². The minimum absolute atomic E-state index is 0. The van der Waals surface area contributed by atoms with Gasteiger partial charge in [0.15, 0.2) is 5.96 Å². The molecule has 2 N–H and O–H groups in total. The van der Waals surface area contributed by atoms with E-state index in [0.29, 0.717) is 23.4 Å². The first-order chi connectivity index (χ1) is 12.5. The van der Waals surface area contributed by atoms with Gasteiger partial charge >= 0.3 is 0 Å². The molecule has 1 saturated carbocycles. The Hall–Kier alpha value is -0.0800. The summed E-state index contributed by atoms with van der Waals surface area (Å²) in [6.07, 6.45) is 6.42. The molecule has 2 aliphatic rings. The average molecular weight is 495 g/mol. The Morgan fingerprint density at radius 3 is 2.48 bits per heavy atom. The molecule has 1 saturated heterocycles. The summed E-state index contributed by atoms with van der Waals surface area (Å²) in [4.78, 5) is 7.60. The Morgan fingerprint density at radius 2 is 1.93 bits per heavy atom. The van der Waals surface area contributed by atoms with E-state index >= 15 is 0 Å². The van der Waals surface area contributed by atoms with Crippen molar-refractivity contribution >= 4 is 29.9 Å². The van der Waals surface area contributed by atoms with Crippen LogP contribution < -0.4 is 10.6 Å². The van der Waals surface area contributed by atoms with Gasteiger partial charge in [-0.15, -0.1) is 24.0 Å². The Bertz CT molecular complexity index is 438. The SMILES string of the molecule is CCNC(=NCC1(CCOCC)CCCC1)NC1CN(C(C)C)CC1C.I. The van der Waals surface area contributed by atoms with Crippen LogP contribution in [0.2, 0.25) is 0 Å². The van der Waals surface area contributed by atoms with Crippen molar-refractivity contribution in [3.05, 3.63) is 0 Å². The van der Waals surface area contributed by atoms with Crippen LogP contribution in [0.3, 0.4) is 0 Å². The number of ether oxygens (including phenoxy) is 1. The topological polar surface area (TPSA) is 48.9 Å². The third kappa shape index (κ3) is 7.69. The molecule has 2 unspecified atom stereocenters. The lowest BCUT2D eigenvalue weighted by Crippen LogP contribution is -2.47. The van der Waals surface area contributed by atoms with Crippen molar-refractivity contribution in [3.63, 3.8) is 0 Å². The highest BCUT2D eigenvalue weighted by atomic mass is 127. The van der Waals surface area contributed by atoms with E-state index in [9.17, 15) is 0 Å². The second-order valence-corrected chi connectivity index (χ2v) is 8.62. The van der Waals surface area contributed by atoms with Gasteiger partial charge in [0.25, 0.3) is 0 Å². The number of nitrogens with zero attached hydrogens (tertiary/aromatic N) is 2. The monoisotopic (exact) mass is 494 g/mol. The van der Waals surface area contributed by atoms with Crippen LogP contribution in [0.25, 0.3) is 0 Å². The van der Waals surface area contributed by atoms with Gasteiger partial charge < -0.3 is 15.4 Å². The molecule has 0 aromatic heterocycles. The molecule has 0 spiro atoms. The van der Waals surface area contributed by atoms with E-state index in [1.807, 2.05) is 0 Å². The number of aliphatic imine (C=N–C) groups is 1. The molecule has 1 aliphatic carbocycles. The van der Waals surface area contributed by atoms with E-state index < -0.39 is 0 Å². The maximum absolute atomic E-state index is 5.65. The first kappa shape index (κ1) is 25.0. The molecule has 6 heteroatoms. The molecule has 0 bridgehead atoms. The van der Waals surface area contributed by atoms with Gasteiger partial charge in [0.1, 0.15) is 0 Å². The summed E-state index contributed by atoms with van der Waals surface area (Å²) in [7, 11) is 0. The van der Waals surface area contributed by atoms with Gasteiger partial charge in [-0.05, 0) is 58.3 Å². The molecule has 2 rings (SSSR count). The van der Waals surface area contributed by atoms with Crippen LogP contribution in [0.1, 0.15) is 66.7 Å². The van der Waals surface area contributed by atoms with Crippen LogP contribution >= 0.6 is 24.0 Å². The third-order valence-electron chi connectivity index (χ3n) is 6.25. The van der Waals surface area contributed by atoms with Gasteiger partial charge in [-0.3, -0.25) is 9.89 Å². The summed E-state index contributed by atoms with van der Waals surface area (Å²) in [5, 5.41) is 7.20. The van der Waals surface area contributed by atoms with E-state index in [0.717, 1.165) is 45.2 Å². The average Bonchev–Trinajstić information content (AvgIpc) is 3.21. The molecule has 2 atom stereocenters. The lowest BCUT2D eigenvalue weighted by molar-refractivity contribution is 0.107. The molecule has 0 amide bonds. The maximum Gasteiger partial charge on any atom is 0.191 e. The number of rotatable bonds is 9. The summed E-state index contributed by atoms with van der Waals surface area (Å²) in [6, 6.07) is 1.10. The first-order valence-corrected chi connectivity index (χ1v) is 10.9. The summed E-state index contributed by atoms with van der Waals surface area (Å²) < 4.78 is 5.65. The lowest BCUT2D eigenvalue weighted by atomic mass is 9.83. The molecule has 27 heavy (non-hydrogen) atoms. The molecule has 0 radical (unpaired) electrons. The van der Waals surface area contributed by atoms with Gasteiger partial charge in [-0.25, -0.2) is 0 Å². The molecule has 0 aromatic carbocycles. The largest absolute Gasteiger partial charge is 0.382 e. The normalized spacial score (nSPS) is 25.6. The summed E-state index contributed by atoms with van der Waals surface area (Å²) >= 11 is 0. The van der Waals surface area contributed by atoms with Crippen LogP contribution in [0.5, 0.6) is 0 Å². The van der Waals surface area contributed by atoms with Crippen LogP contribution in [0.4, 0.5) is 0 Å². The fraction of sp³-hybridized carbons (Fsp3) is 0.952. The predicted octanol–water partition coefficient (Wildman–Crippen LogP) is 3.88. The fourth-order valence-electron chi connectivity index (χ4n) is 4.40. The molecule has 1 heterocycles. The first-order valence-electron chi connectivity index (χ1n) is 10.9. The molecular formula is C21H43IN4O. The van der Waals surface area contributed by atoms with E-state index in [1.165, 1.54) is 32.2 Å². The van der Waals surface area contributed by atoms with Crippen LogP contribution in [0, 0.1) is 11.3 Å². The number of nitrogens with one attached hydrogen (secondary N) is 2. The number of hydrogen-bond acceptors (Lipinski definition) is 3. The van der Waals surface area contributed by atoms with E-state index in [-0.39, 0.29) is 24.0 Å². The zero-order chi connectivity index (χ0) is 19.0. The molecule has 0 aromatic rings. The van der Waals surface area contributed by atoms with Crippen LogP contribution in [0.15, 0.2) is 4.99 Å². The third-order valence-corrected chi connectivity index (χ3v) is 6.25. The minimum Gasteiger partial charge on any atom is -0.382 e. The van der Waals surface area contributed by atoms with Crippen molar-refractivity contribution in [2.75, 3.05) is 39.4 Å². The Labute approximate surface area is 184 Å². The second kappa shape index (κ2) is 12.5. The molecule has 5 nitrogen and oxygen atoms in total. The van der Waals surface area contributed by atoms with Crippen molar-refractivity contribution in [1.82, 2.24) is 15.5 Å². The van der Waals surface area contributed by atoms with Crippen molar-refractivity contribution in [3.8, 4) is 0 Å². The highest BCUT2D eigenvalue weighted by molar-refractivity contribution is 14.0. The maximum atomic E-state index is 5.65. The standard InChI is InChI=1S/C21H42N4O.HI/c1-6-22-20(24-19-15-25(17(3)4)14-18(19)5)23-16-21(10-8-9-11-21)12-13-26-7-2;/h17-19H,6-16H2,1-5H3,(H2,22,23,24);1H. The van der Waals surface area contributed by atoms with Crippen molar-refractivity contribution < 1.29 is 4.74 Å². The fourth-order valence-corrected chi connectivity index (χ4v) is 4.40. The highest BCUT2D eigenvalue weighted by Gasteiger charge is 2.34. The van der Waals surface area contributed by atoms with Crippen molar-refractivity contribution in [2.24, 2.45) is 16.3 Å². The number of halogens is 1. The molecule has 2 fully saturated rings. The molecule has 1 aliphatic heterocycles. The van der Waals surface area contributed by atoms with Gasteiger partial charge in [-0.2, -0.15) is 0 Å². The smallest absolute Gasteiger partial charge is 0.191 e. The summed E-state index contributed by atoms with van der Waals surface area (Å²) in [5.74, 6) is 1.65. The second-order valence-electron chi connectivity index (χ2n) is 8.62. The van der Waals surface area contributed by atoms with Gasteiger partial charge in [0.05, 0.1) is 0 Å². The quantitative estimate of drug-likeness (QED) is 0.221.